The van der Waals surface area contributed by atoms with E-state index in [1.165, 1.54) is 44.2 Å². The normalized spacial score (nSPS) is 18.6. The molecule has 1 saturated heterocycles. The number of rotatable bonds is 4. The predicted octanol–water partition coefficient (Wildman–Crippen LogP) is 3.57. The fourth-order valence-corrected chi connectivity index (χ4v) is 4.11. The van der Waals surface area contributed by atoms with E-state index >= 15 is 0 Å². The first kappa shape index (κ1) is 18.7. The average molecular weight is 380 g/mol. The molecule has 4 rings (SSSR count). The highest BCUT2D eigenvalue weighted by Crippen LogP contribution is 2.20. The summed E-state index contributed by atoms with van der Waals surface area (Å²) in [6.45, 7) is 3.13. The van der Waals surface area contributed by atoms with Crippen molar-refractivity contribution in [3.05, 3.63) is 48.3 Å². The van der Waals surface area contributed by atoms with Gasteiger partial charge in [0.05, 0.1) is 5.56 Å². The second kappa shape index (κ2) is 9.04. The van der Waals surface area contributed by atoms with Crippen molar-refractivity contribution >= 4 is 17.5 Å². The van der Waals surface area contributed by atoms with Crippen LogP contribution in [-0.2, 0) is 0 Å². The number of hydrogen-bond acceptors (Lipinski definition) is 5. The molecule has 0 atom stereocenters. The quantitative estimate of drug-likeness (QED) is 0.823. The molecular formula is C22H29N5O. The standard InChI is InChI=1S/C22H29N5O/c28-21(27-14-12-26(13-15-27)20-10-6-3-7-11-20)18-16-23-22(24-17-18)25-19-8-4-1-2-5-9-19/h3,6-7,10-11,16-17,19H,1-2,4-5,8-9,12-15H2,(H,23,24,25). The number of benzene rings is 1. The summed E-state index contributed by atoms with van der Waals surface area (Å²) in [5.41, 5.74) is 1.78. The number of nitrogens with zero attached hydrogens (tertiary/aromatic N) is 4. The molecule has 0 spiro atoms. The molecule has 1 aromatic heterocycles. The Bertz CT molecular complexity index is 748. The Morgan fingerprint density at radius 1 is 0.893 bits per heavy atom. The SMILES string of the molecule is O=C(c1cnc(NC2CCCCCC2)nc1)N1CCN(c2ccccc2)CC1. The van der Waals surface area contributed by atoms with E-state index in [4.69, 9.17) is 0 Å². The summed E-state index contributed by atoms with van der Waals surface area (Å²) in [6, 6.07) is 10.8. The molecule has 6 nitrogen and oxygen atoms in total. The number of carbonyl (C=O) groups is 1. The summed E-state index contributed by atoms with van der Waals surface area (Å²) in [6.07, 6.45) is 10.9. The summed E-state index contributed by atoms with van der Waals surface area (Å²) in [5.74, 6) is 0.658. The molecule has 0 radical (unpaired) electrons. The topological polar surface area (TPSA) is 61.4 Å². The molecule has 0 unspecified atom stereocenters. The number of amides is 1. The first-order valence-electron chi connectivity index (χ1n) is 10.5. The Morgan fingerprint density at radius 3 is 2.18 bits per heavy atom. The van der Waals surface area contributed by atoms with E-state index in [0.717, 1.165) is 26.2 Å². The zero-order chi connectivity index (χ0) is 19.2. The highest BCUT2D eigenvalue weighted by Gasteiger charge is 2.23. The van der Waals surface area contributed by atoms with E-state index in [1.807, 2.05) is 11.0 Å². The molecule has 6 heteroatoms. The molecule has 2 fully saturated rings. The van der Waals surface area contributed by atoms with Gasteiger partial charge in [-0.15, -0.1) is 0 Å². The maximum absolute atomic E-state index is 12.8. The lowest BCUT2D eigenvalue weighted by molar-refractivity contribution is 0.0746. The first-order valence-corrected chi connectivity index (χ1v) is 10.5. The van der Waals surface area contributed by atoms with Gasteiger partial charge in [-0.1, -0.05) is 43.9 Å². The van der Waals surface area contributed by atoms with Gasteiger partial charge in [0, 0.05) is 50.3 Å². The van der Waals surface area contributed by atoms with E-state index in [0.29, 0.717) is 17.6 Å². The van der Waals surface area contributed by atoms with Gasteiger partial charge < -0.3 is 15.1 Å². The van der Waals surface area contributed by atoms with Crippen LogP contribution in [0.2, 0.25) is 0 Å². The van der Waals surface area contributed by atoms with Crippen molar-refractivity contribution in [1.82, 2.24) is 14.9 Å². The Kier molecular flexibility index (Phi) is 6.04. The van der Waals surface area contributed by atoms with Crippen molar-refractivity contribution in [3.63, 3.8) is 0 Å². The Balaban J connectivity index is 1.31. The summed E-state index contributed by atoms with van der Waals surface area (Å²) < 4.78 is 0. The van der Waals surface area contributed by atoms with Crippen molar-refractivity contribution in [2.75, 3.05) is 36.4 Å². The van der Waals surface area contributed by atoms with Gasteiger partial charge in [0.2, 0.25) is 5.95 Å². The Morgan fingerprint density at radius 2 is 1.54 bits per heavy atom. The maximum atomic E-state index is 12.8. The molecule has 1 amide bonds. The predicted molar refractivity (Wildman–Crippen MR) is 112 cm³/mol. The monoisotopic (exact) mass is 379 g/mol. The minimum absolute atomic E-state index is 0.0220. The third-order valence-corrected chi connectivity index (χ3v) is 5.78. The fourth-order valence-electron chi connectivity index (χ4n) is 4.11. The lowest BCUT2D eigenvalue weighted by Crippen LogP contribution is -2.48. The van der Waals surface area contributed by atoms with Crippen molar-refractivity contribution in [1.29, 1.82) is 0 Å². The van der Waals surface area contributed by atoms with Gasteiger partial charge in [0.1, 0.15) is 0 Å². The summed E-state index contributed by atoms with van der Waals surface area (Å²) in [4.78, 5) is 25.8. The van der Waals surface area contributed by atoms with Crippen molar-refractivity contribution in [3.8, 4) is 0 Å². The van der Waals surface area contributed by atoms with Crippen LogP contribution in [-0.4, -0.2) is 53.0 Å². The van der Waals surface area contributed by atoms with Gasteiger partial charge in [-0.25, -0.2) is 9.97 Å². The fraction of sp³-hybridized carbons (Fsp3) is 0.500. The van der Waals surface area contributed by atoms with E-state index in [2.05, 4.69) is 44.5 Å². The molecule has 0 bridgehead atoms. The van der Waals surface area contributed by atoms with Gasteiger partial charge >= 0.3 is 0 Å². The smallest absolute Gasteiger partial charge is 0.257 e. The maximum Gasteiger partial charge on any atom is 0.257 e. The Labute approximate surface area is 167 Å². The molecule has 1 saturated carbocycles. The zero-order valence-electron chi connectivity index (χ0n) is 16.4. The van der Waals surface area contributed by atoms with Crippen LogP contribution in [0.5, 0.6) is 0 Å². The van der Waals surface area contributed by atoms with Crippen LogP contribution in [0.1, 0.15) is 48.9 Å². The van der Waals surface area contributed by atoms with Crippen LogP contribution < -0.4 is 10.2 Å². The van der Waals surface area contributed by atoms with Crippen molar-refractivity contribution in [2.45, 2.75) is 44.6 Å². The number of aromatic nitrogens is 2. The van der Waals surface area contributed by atoms with Crippen LogP contribution in [0.3, 0.4) is 0 Å². The lowest BCUT2D eigenvalue weighted by Gasteiger charge is -2.36. The minimum Gasteiger partial charge on any atom is -0.368 e. The lowest BCUT2D eigenvalue weighted by atomic mass is 10.1. The highest BCUT2D eigenvalue weighted by atomic mass is 16.2. The van der Waals surface area contributed by atoms with Gasteiger partial charge in [-0.3, -0.25) is 4.79 Å². The van der Waals surface area contributed by atoms with E-state index in [9.17, 15) is 4.79 Å². The van der Waals surface area contributed by atoms with Gasteiger partial charge in [0.25, 0.3) is 5.91 Å². The number of para-hydroxylation sites is 1. The van der Waals surface area contributed by atoms with Gasteiger partial charge in [-0.2, -0.15) is 0 Å². The molecule has 1 aromatic carbocycles. The second-order valence-corrected chi connectivity index (χ2v) is 7.74. The minimum atomic E-state index is 0.0220. The largest absolute Gasteiger partial charge is 0.368 e. The van der Waals surface area contributed by atoms with E-state index in [-0.39, 0.29) is 5.91 Å². The average Bonchev–Trinajstić information content (AvgIpc) is 3.03. The molecule has 148 valence electrons. The van der Waals surface area contributed by atoms with Crippen LogP contribution >= 0.6 is 0 Å². The zero-order valence-corrected chi connectivity index (χ0v) is 16.4. The van der Waals surface area contributed by atoms with Crippen molar-refractivity contribution in [2.24, 2.45) is 0 Å². The Hall–Kier alpha value is -2.63. The number of carbonyl (C=O) groups excluding carboxylic acids is 1. The third kappa shape index (κ3) is 4.61. The number of hydrogen-bond donors (Lipinski definition) is 1. The van der Waals surface area contributed by atoms with Crippen LogP contribution in [0.25, 0.3) is 0 Å². The first-order chi connectivity index (χ1) is 13.8. The molecule has 2 aromatic rings. The number of anilines is 2. The number of piperazine rings is 1. The summed E-state index contributed by atoms with van der Waals surface area (Å²) in [7, 11) is 0. The molecule has 28 heavy (non-hydrogen) atoms. The molecule has 2 aliphatic rings. The molecule has 2 heterocycles. The van der Waals surface area contributed by atoms with Crippen LogP contribution in [0.4, 0.5) is 11.6 Å². The molecule has 1 N–H and O–H groups in total. The van der Waals surface area contributed by atoms with Crippen LogP contribution in [0.15, 0.2) is 42.7 Å². The molecule has 1 aliphatic heterocycles. The van der Waals surface area contributed by atoms with E-state index < -0.39 is 0 Å². The van der Waals surface area contributed by atoms with Gasteiger partial charge in [0.15, 0.2) is 0 Å². The molecular weight excluding hydrogens is 350 g/mol. The summed E-state index contributed by atoms with van der Waals surface area (Å²) in [5, 5.41) is 3.44. The number of nitrogens with one attached hydrogen (secondary N) is 1. The second-order valence-electron chi connectivity index (χ2n) is 7.74. The van der Waals surface area contributed by atoms with Crippen molar-refractivity contribution < 1.29 is 4.79 Å². The van der Waals surface area contributed by atoms with Gasteiger partial charge in [-0.05, 0) is 25.0 Å². The van der Waals surface area contributed by atoms with Crippen LogP contribution in [0, 0.1) is 0 Å². The summed E-state index contributed by atoms with van der Waals surface area (Å²) >= 11 is 0. The molecule has 1 aliphatic carbocycles. The van der Waals surface area contributed by atoms with E-state index in [1.54, 1.807) is 12.4 Å². The third-order valence-electron chi connectivity index (χ3n) is 5.78. The highest BCUT2D eigenvalue weighted by molar-refractivity contribution is 5.93.